The fourth-order valence-corrected chi connectivity index (χ4v) is 4.87. The van der Waals surface area contributed by atoms with Gasteiger partial charge in [-0.2, -0.15) is 21.6 Å². The molecule has 2 aromatic carbocycles. The summed E-state index contributed by atoms with van der Waals surface area (Å²) in [5, 5.41) is 0.958. The molecule has 43 heavy (non-hydrogen) atoms. The molecule has 0 amide bonds. The number of rotatable bonds is 4. The van der Waals surface area contributed by atoms with Crippen molar-refractivity contribution < 1.29 is 44.4 Å². The maximum Gasteiger partial charge on any atom is 0.534 e. The summed E-state index contributed by atoms with van der Waals surface area (Å²) in [7, 11) is -6.63. The molecule has 0 radical (unpaired) electrons. The van der Waals surface area contributed by atoms with Crippen LogP contribution in [0, 0.1) is 6.92 Å². The molecule has 0 spiro atoms. The summed E-state index contributed by atoms with van der Waals surface area (Å²) in [6, 6.07) is 12.8. The van der Waals surface area contributed by atoms with Crippen molar-refractivity contribution in [3.05, 3.63) is 60.3 Å². The van der Waals surface area contributed by atoms with Gasteiger partial charge in [0.05, 0.1) is 27.9 Å². The Kier molecular flexibility index (Phi) is 8.56. The average molecular weight is 621 g/mol. The molecule has 8 nitrogen and oxygen atoms in total. The van der Waals surface area contributed by atoms with Crippen LogP contribution in [-0.4, -0.2) is 55.3 Å². The second-order valence-corrected chi connectivity index (χ2v) is 14.1. The second-order valence-electron chi connectivity index (χ2n) is 12.6. The zero-order valence-corrected chi connectivity index (χ0v) is 26.5. The number of aryl methyl sites for hydroxylation is 1. The predicted molar refractivity (Wildman–Crippen MR) is 160 cm³/mol. The molecule has 0 unspecified atom stereocenters. The van der Waals surface area contributed by atoms with Crippen LogP contribution in [0.25, 0.3) is 22.0 Å². The van der Waals surface area contributed by atoms with Crippen LogP contribution in [0.2, 0.25) is 0 Å². The maximum atomic E-state index is 12.4. The molecule has 1 aromatic heterocycles. The molecule has 2 fully saturated rings. The fraction of sp³-hybridized carbons (Fsp3) is 0.483. The zero-order valence-electron chi connectivity index (χ0n) is 25.7. The van der Waals surface area contributed by atoms with Crippen LogP contribution in [0.5, 0.6) is 5.75 Å². The minimum atomic E-state index is -5.68. The average Bonchev–Trinajstić information content (AvgIpc) is 3.24. The van der Waals surface area contributed by atoms with E-state index in [4.69, 9.17) is 18.6 Å². The SMILES string of the molecule is CC1(C)OB(B2OC(C)(C)C(C)(C)O2)OC1(C)C.Cc1ccc(-c2ccc(OS(=O)(=O)C(F)(F)F)cc2)c2ncccc12. The van der Waals surface area contributed by atoms with Crippen molar-refractivity contribution in [1.29, 1.82) is 0 Å². The summed E-state index contributed by atoms with van der Waals surface area (Å²) in [5.41, 5.74) is -3.65. The van der Waals surface area contributed by atoms with E-state index < -0.39 is 35.4 Å². The molecule has 5 rings (SSSR count). The van der Waals surface area contributed by atoms with Crippen LogP contribution in [0.1, 0.15) is 61.0 Å². The topological polar surface area (TPSA) is 93.2 Å². The Morgan fingerprint density at radius 3 is 1.65 bits per heavy atom. The largest absolute Gasteiger partial charge is 0.534 e. The van der Waals surface area contributed by atoms with Crippen LogP contribution in [0.15, 0.2) is 54.7 Å². The molecule has 3 heterocycles. The highest BCUT2D eigenvalue weighted by Gasteiger charge is 2.63. The third-order valence-electron chi connectivity index (χ3n) is 8.41. The van der Waals surface area contributed by atoms with Crippen LogP contribution in [0.3, 0.4) is 0 Å². The van der Waals surface area contributed by atoms with E-state index in [1.54, 1.807) is 6.20 Å². The van der Waals surface area contributed by atoms with Gasteiger partial charge >= 0.3 is 29.6 Å². The highest BCUT2D eigenvalue weighted by Crippen LogP contribution is 2.43. The molecule has 232 valence electrons. The summed E-state index contributed by atoms with van der Waals surface area (Å²) in [6.07, 6.45) is 1.65. The van der Waals surface area contributed by atoms with Gasteiger partial charge in [-0.3, -0.25) is 4.98 Å². The van der Waals surface area contributed by atoms with E-state index >= 15 is 0 Å². The van der Waals surface area contributed by atoms with Crippen molar-refractivity contribution in [1.82, 2.24) is 4.98 Å². The smallest absolute Gasteiger partial charge is 0.405 e. The fourth-order valence-electron chi connectivity index (χ4n) is 4.41. The quantitative estimate of drug-likeness (QED) is 0.181. The second kappa shape index (κ2) is 11.1. The Bertz CT molecular complexity index is 1530. The van der Waals surface area contributed by atoms with E-state index in [2.05, 4.69) is 9.17 Å². The Morgan fingerprint density at radius 2 is 1.21 bits per heavy atom. The molecule has 0 atom stereocenters. The summed E-state index contributed by atoms with van der Waals surface area (Å²) in [4.78, 5) is 4.36. The van der Waals surface area contributed by atoms with Crippen LogP contribution < -0.4 is 4.18 Å². The lowest BCUT2D eigenvalue weighted by atomic mass is 9.49. The molecule has 14 heteroatoms. The first-order valence-corrected chi connectivity index (χ1v) is 15.1. The third kappa shape index (κ3) is 6.58. The van der Waals surface area contributed by atoms with E-state index in [0.29, 0.717) is 5.56 Å². The summed E-state index contributed by atoms with van der Waals surface area (Å²) in [5.74, 6) is -0.412. The van der Waals surface area contributed by atoms with E-state index in [0.717, 1.165) is 22.0 Å². The third-order valence-corrected chi connectivity index (χ3v) is 9.39. The zero-order chi connectivity index (χ0) is 32.2. The predicted octanol–water partition coefficient (Wildman–Crippen LogP) is 6.69. The molecule has 0 saturated carbocycles. The van der Waals surface area contributed by atoms with E-state index in [9.17, 15) is 21.6 Å². The Labute approximate surface area is 251 Å². The molecule has 2 aliphatic heterocycles. The van der Waals surface area contributed by atoms with Gasteiger partial charge in [-0.25, -0.2) is 0 Å². The lowest BCUT2D eigenvalue weighted by molar-refractivity contribution is -0.0500. The number of nitrogens with zero attached hydrogens (tertiary/aromatic N) is 1. The molecule has 2 saturated heterocycles. The normalized spacial score (nSPS) is 20.6. The minimum absolute atomic E-state index is 0.360. The van der Waals surface area contributed by atoms with Crippen molar-refractivity contribution in [2.45, 2.75) is 90.2 Å². The summed E-state index contributed by atoms with van der Waals surface area (Å²) >= 11 is 0. The number of halogens is 3. The molecule has 2 aliphatic rings. The van der Waals surface area contributed by atoms with Crippen molar-refractivity contribution in [3.8, 4) is 16.9 Å². The molecular formula is C29H36B2F3NO7S. The minimum Gasteiger partial charge on any atom is -0.405 e. The van der Waals surface area contributed by atoms with Gasteiger partial charge in [0.1, 0.15) is 5.75 Å². The Morgan fingerprint density at radius 1 is 0.744 bits per heavy atom. The molecule has 3 aromatic rings. The first-order valence-electron chi connectivity index (χ1n) is 13.7. The van der Waals surface area contributed by atoms with Crippen molar-refractivity contribution in [2.24, 2.45) is 0 Å². The highest BCUT2D eigenvalue weighted by atomic mass is 32.2. The summed E-state index contributed by atoms with van der Waals surface area (Å²) in [6.45, 7) is 18.2. The van der Waals surface area contributed by atoms with Crippen molar-refractivity contribution in [3.63, 3.8) is 0 Å². The number of pyridine rings is 1. The number of alkyl halides is 3. The van der Waals surface area contributed by atoms with Gasteiger partial charge < -0.3 is 22.8 Å². The standard InChI is InChI=1S/C17H12F3NO3S.C12H24B2O4/c1-11-4-9-15(16-14(11)3-2-10-21-16)12-5-7-13(8-6-12)24-25(22,23)17(18,19)20;1-9(2)10(3,4)16-13(15-9)14-17-11(5,6)12(7,8)18-14/h2-10H,1H3;1-8H3. The van der Waals surface area contributed by atoms with E-state index in [1.807, 2.05) is 86.6 Å². The lowest BCUT2D eigenvalue weighted by Gasteiger charge is -2.32. The lowest BCUT2D eigenvalue weighted by Crippen LogP contribution is -2.41. The van der Waals surface area contributed by atoms with E-state index in [1.165, 1.54) is 24.3 Å². The van der Waals surface area contributed by atoms with Gasteiger partial charge in [0.15, 0.2) is 0 Å². The number of fused-ring (bicyclic) bond motifs is 1. The maximum absolute atomic E-state index is 12.4. The molecular weight excluding hydrogens is 585 g/mol. The number of benzene rings is 2. The van der Waals surface area contributed by atoms with Gasteiger partial charge in [-0.05, 0) is 91.6 Å². The van der Waals surface area contributed by atoms with Crippen molar-refractivity contribution >= 4 is 35.0 Å². The number of hydrogen-bond acceptors (Lipinski definition) is 8. The van der Waals surface area contributed by atoms with Crippen LogP contribution in [0.4, 0.5) is 13.2 Å². The van der Waals surface area contributed by atoms with E-state index in [-0.39, 0.29) is 22.4 Å². The van der Waals surface area contributed by atoms with Gasteiger partial charge in [0, 0.05) is 17.1 Å². The van der Waals surface area contributed by atoms with Gasteiger partial charge in [-0.15, -0.1) is 0 Å². The molecule has 0 bridgehead atoms. The Balaban J connectivity index is 0.000000208. The molecule has 0 N–H and O–H groups in total. The van der Waals surface area contributed by atoms with Crippen molar-refractivity contribution in [2.75, 3.05) is 0 Å². The first-order chi connectivity index (χ1) is 19.6. The number of aromatic nitrogens is 1. The van der Waals surface area contributed by atoms with Crippen LogP contribution in [-0.2, 0) is 28.7 Å². The highest BCUT2D eigenvalue weighted by molar-refractivity contribution is 7.88. The summed E-state index contributed by atoms with van der Waals surface area (Å²) < 4.78 is 87.1. The first kappa shape index (κ1) is 33.3. The molecule has 0 aliphatic carbocycles. The van der Waals surface area contributed by atoms with Crippen LogP contribution >= 0.6 is 0 Å². The van der Waals surface area contributed by atoms with Gasteiger partial charge in [0.2, 0.25) is 0 Å². The number of hydrogen-bond donors (Lipinski definition) is 0. The monoisotopic (exact) mass is 621 g/mol. The van der Waals surface area contributed by atoms with Gasteiger partial charge in [-0.1, -0.05) is 30.3 Å². The Hall–Kier alpha value is -2.64. The van der Waals surface area contributed by atoms with Gasteiger partial charge in [0.25, 0.3) is 0 Å².